The third-order valence-electron chi connectivity index (χ3n) is 4.73. The van der Waals surface area contributed by atoms with Crippen molar-refractivity contribution in [2.75, 3.05) is 13.7 Å². The van der Waals surface area contributed by atoms with Gasteiger partial charge in [-0.05, 0) is 41.8 Å². The number of carbonyl (C=O) groups excluding carboxylic acids is 1. The number of hydrogen-bond donors (Lipinski definition) is 1. The Morgan fingerprint density at radius 3 is 2.48 bits per heavy atom. The molecule has 0 amide bonds. The highest BCUT2D eigenvalue weighted by Crippen LogP contribution is 2.25. The summed E-state index contributed by atoms with van der Waals surface area (Å²) in [6.45, 7) is 0.364. The van der Waals surface area contributed by atoms with Gasteiger partial charge in [0, 0.05) is 30.0 Å². The van der Waals surface area contributed by atoms with Gasteiger partial charge in [0.2, 0.25) is 0 Å². The second-order valence-corrected chi connectivity index (χ2v) is 7.36. The van der Waals surface area contributed by atoms with Gasteiger partial charge in [0.15, 0.2) is 0 Å². The van der Waals surface area contributed by atoms with Crippen molar-refractivity contribution in [2.45, 2.75) is 31.7 Å². The molecule has 0 fully saturated rings. The standard InChI is InChI=1S/C22H24ClN3O3/c1-29-21-8-4-16(5-9-21)12-18(22-15-26(10-11-27)25-24-22)14-20(28)13-17-2-6-19(23)7-3-17/h2-9,15,18,27H,10-14H2,1H3/t18-/m1/s1. The van der Waals surface area contributed by atoms with Gasteiger partial charge in [-0.1, -0.05) is 41.1 Å². The molecule has 3 rings (SSSR count). The molecule has 3 aromatic rings. The second kappa shape index (κ2) is 10.2. The number of hydrogen-bond acceptors (Lipinski definition) is 5. The number of carbonyl (C=O) groups is 1. The minimum absolute atomic E-state index is 0.0125. The Balaban J connectivity index is 1.75. The molecule has 29 heavy (non-hydrogen) atoms. The van der Waals surface area contributed by atoms with Gasteiger partial charge in [0.1, 0.15) is 11.5 Å². The molecule has 0 aliphatic rings. The van der Waals surface area contributed by atoms with E-state index >= 15 is 0 Å². The summed E-state index contributed by atoms with van der Waals surface area (Å²) in [6, 6.07) is 15.1. The van der Waals surface area contributed by atoms with Crippen LogP contribution in [0.4, 0.5) is 0 Å². The summed E-state index contributed by atoms with van der Waals surface area (Å²) >= 11 is 5.92. The number of ether oxygens (including phenoxy) is 1. The van der Waals surface area contributed by atoms with Gasteiger partial charge in [-0.15, -0.1) is 5.10 Å². The number of halogens is 1. The van der Waals surface area contributed by atoms with E-state index in [1.807, 2.05) is 36.4 Å². The van der Waals surface area contributed by atoms with Crippen LogP contribution >= 0.6 is 11.6 Å². The molecule has 0 aliphatic carbocycles. The molecule has 0 unspecified atom stereocenters. The normalized spacial score (nSPS) is 12.0. The average molecular weight is 414 g/mol. The Morgan fingerprint density at radius 1 is 1.14 bits per heavy atom. The van der Waals surface area contributed by atoms with Crippen molar-refractivity contribution in [3.05, 3.63) is 76.6 Å². The van der Waals surface area contributed by atoms with Crippen molar-refractivity contribution in [3.8, 4) is 5.75 Å². The van der Waals surface area contributed by atoms with E-state index in [1.54, 1.807) is 30.1 Å². The smallest absolute Gasteiger partial charge is 0.137 e. The maximum absolute atomic E-state index is 12.8. The Hall–Kier alpha value is -2.70. The molecular formula is C22H24ClN3O3. The highest BCUT2D eigenvalue weighted by Gasteiger charge is 2.20. The van der Waals surface area contributed by atoms with Crippen molar-refractivity contribution < 1.29 is 14.6 Å². The van der Waals surface area contributed by atoms with Crippen LogP contribution in [-0.4, -0.2) is 39.6 Å². The lowest BCUT2D eigenvalue weighted by Gasteiger charge is -2.14. The molecule has 0 aliphatic heterocycles. The lowest BCUT2D eigenvalue weighted by Crippen LogP contribution is -2.12. The van der Waals surface area contributed by atoms with Crippen molar-refractivity contribution in [1.29, 1.82) is 0 Å². The molecule has 1 aromatic heterocycles. The maximum Gasteiger partial charge on any atom is 0.137 e. The molecule has 0 saturated carbocycles. The van der Waals surface area contributed by atoms with E-state index in [1.165, 1.54) is 0 Å². The van der Waals surface area contributed by atoms with Crippen molar-refractivity contribution in [1.82, 2.24) is 15.0 Å². The van der Waals surface area contributed by atoms with E-state index in [0.29, 0.717) is 30.8 Å². The van der Waals surface area contributed by atoms with Crippen LogP contribution in [-0.2, 0) is 24.2 Å². The zero-order chi connectivity index (χ0) is 20.6. The largest absolute Gasteiger partial charge is 0.497 e. The van der Waals surface area contributed by atoms with Gasteiger partial charge in [-0.2, -0.15) is 0 Å². The first-order chi connectivity index (χ1) is 14.1. The Morgan fingerprint density at radius 2 is 1.83 bits per heavy atom. The second-order valence-electron chi connectivity index (χ2n) is 6.93. The quantitative estimate of drug-likeness (QED) is 0.550. The summed E-state index contributed by atoms with van der Waals surface area (Å²) in [5.41, 5.74) is 2.78. The number of aliphatic hydroxyl groups is 1. The first-order valence-electron chi connectivity index (χ1n) is 9.47. The van der Waals surface area contributed by atoms with E-state index in [9.17, 15) is 4.79 Å². The highest BCUT2D eigenvalue weighted by molar-refractivity contribution is 6.30. The summed E-state index contributed by atoms with van der Waals surface area (Å²) < 4.78 is 6.81. The van der Waals surface area contributed by atoms with Gasteiger partial charge in [-0.3, -0.25) is 4.79 Å². The topological polar surface area (TPSA) is 77.2 Å². The summed E-state index contributed by atoms with van der Waals surface area (Å²) in [6.07, 6.45) is 3.17. The molecule has 2 aromatic carbocycles. The van der Waals surface area contributed by atoms with Gasteiger partial charge >= 0.3 is 0 Å². The van der Waals surface area contributed by atoms with E-state index in [-0.39, 0.29) is 18.3 Å². The number of benzene rings is 2. The summed E-state index contributed by atoms with van der Waals surface area (Å²) in [5, 5.41) is 18.1. The molecule has 0 saturated heterocycles. The van der Waals surface area contributed by atoms with Crippen LogP contribution in [0.1, 0.15) is 29.2 Å². The predicted molar refractivity (Wildman–Crippen MR) is 111 cm³/mol. The molecule has 0 spiro atoms. The van der Waals surface area contributed by atoms with Crippen LogP contribution in [0.3, 0.4) is 0 Å². The molecule has 1 atom stereocenters. The van der Waals surface area contributed by atoms with E-state index in [4.69, 9.17) is 21.4 Å². The van der Waals surface area contributed by atoms with E-state index < -0.39 is 0 Å². The summed E-state index contributed by atoms with van der Waals surface area (Å²) in [5.74, 6) is 0.816. The highest BCUT2D eigenvalue weighted by atomic mass is 35.5. The van der Waals surface area contributed by atoms with Crippen molar-refractivity contribution in [2.24, 2.45) is 0 Å². The number of Topliss-reactive ketones (excluding diaryl/α,β-unsaturated/α-hetero) is 1. The van der Waals surface area contributed by atoms with Gasteiger partial charge < -0.3 is 9.84 Å². The molecule has 1 heterocycles. The van der Waals surface area contributed by atoms with Crippen LogP contribution in [0.25, 0.3) is 0 Å². The first kappa shape index (κ1) is 21.0. The van der Waals surface area contributed by atoms with Crippen LogP contribution in [0, 0.1) is 0 Å². The third kappa shape index (κ3) is 6.14. The Kier molecular flexibility index (Phi) is 7.38. The number of rotatable bonds is 10. The first-order valence-corrected chi connectivity index (χ1v) is 9.85. The lowest BCUT2D eigenvalue weighted by atomic mass is 9.90. The number of methoxy groups -OCH3 is 1. The number of aromatic nitrogens is 3. The summed E-state index contributed by atoms with van der Waals surface area (Å²) in [4.78, 5) is 12.8. The minimum atomic E-state index is -0.101. The zero-order valence-corrected chi connectivity index (χ0v) is 17.0. The fourth-order valence-corrected chi connectivity index (χ4v) is 3.34. The lowest BCUT2D eigenvalue weighted by molar-refractivity contribution is -0.118. The van der Waals surface area contributed by atoms with Gasteiger partial charge in [0.05, 0.1) is 26.0 Å². The Bertz CT molecular complexity index is 923. The molecule has 6 nitrogen and oxygen atoms in total. The van der Waals surface area contributed by atoms with Crippen molar-refractivity contribution >= 4 is 17.4 Å². The van der Waals surface area contributed by atoms with Gasteiger partial charge in [-0.25, -0.2) is 4.68 Å². The fraction of sp³-hybridized carbons (Fsp3) is 0.318. The van der Waals surface area contributed by atoms with Crippen LogP contribution < -0.4 is 4.74 Å². The molecule has 152 valence electrons. The third-order valence-corrected chi connectivity index (χ3v) is 4.99. The van der Waals surface area contributed by atoms with E-state index in [0.717, 1.165) is 22.6 Å². The fourth-order valence-electron chi connectivity index (χ4n) is 3.22. The number of aliphatic hydroxyl groups excluding tert-OH is 1. The predicted octanol–water partition coefficient (Wildman–Crippen LogP) is 3.46. The minimum Gasteiger partial charge on any atom is -0.497 e. The van der Waals surface area contributed by atoms with Crippen LogP contribution in [0.5, 0.6) is 5.75 Å². The summed E-state index contributed by atoms with van der Waals surface area (Å²) in [7, 11) is 1.63. The van der Waals surface area contributed by atoms with Crippen molar-refractivity contribution in [3.63, 3.8) is 0 Å². The molecule has 7 heteroatoms. The SMILES string of the molecule is COc1ccc(C[C@H](CC(=O)Cc2ccc(Cl)cc2)c2cn(CCO)nn2)cc1. The average Bonchev–Trinajstić information content (AvgIpc) is 3.19. The number of ketones is 1. The van der Waals surface area contributed by atoms with E-state index in [2.05, 4.69) is 10.3 Å². The van der Waals surface area contributed by atoms with Crippen LogP contribution in [0.15, 0.2) is 54.7 Å². The van der Waals surface area contributed by atoms with Gasteiger partial charge in [0.25, 0.3) is 0 Å². The monoisotopic (exact) mass is 413 g/mol. The van der Waals surface area contributed by atoms with Crippen LogP contribution in [0.2, 0.25) is 5.02 Å². The molecule has 0 bridgehead atoms. The molecule has 0 radical (unpaired) electrons. The Labute approximate surface area is 175 Å². The number of nitrogens with zero attached hydrogens (tertiary/aromatic N) is 3. The molecule has 1 N–H and O–H groups in total. The molecular weight excluding hydrogens is 390 g/mol. The maximum atomic E-state index is 12.8. The zero-order valence-electron chi connectivity index (χ0n) is 16.3.